The quantitative estimate of drug-likeness (QED) is 0.802. The molecule has 1 fully saturated rings. The van der Waals surface area contributed by atoms with Crippen molar-refractivity contribution in [2.24, 2.45) is 0 Å². The minimum absolute atomic E-state index is 0.157. The summed E-state index contributed by atoms with van der Waals surface area (Å²) in [7, 11) is 0. The number of nitrogens with one attached hydrogen (secondary N) is 2. The summed E-state index contributed by atoms with van der Waals surface area (Å²) in [5, 5.41) is 5.42. The molecular weight excluding hydrogens is 240 g/mol. The fourth-order valence-electron chi connectivity index (χ4n) is 2.41. The van der Waals surface area contributed by atoms with Gasteiger partial charge in [0, 0.05) is 11.7 Å². The Morgan fingerprint density at radius 1 is 1.11 bits per heavy atom. The van der Waals surface area contributed by atoms with Gasteiger partial charge in [0.2, 0.25) is 0 Å². The van der Waals surface area contributed by atoms with Gasteiger partial charge in [0.05, 0.1) is 0 Å². The molecule has 4 nitrogen and oxygen atoms in total. The minimum atomic E-state index is -0.587. The highest BCUT2D eigenvalue weighted by molar-refractivity contribution is 6.39. The number of carbonyl (C=O) groups is 2. The van der Waals surface area contributed by atoms with Gasteiger partial charge in [-0.05, 0) is 37.5 Å². The summed E-state index contributed by atoms with van der Waals surface area (Å²) in [4.78, 5) is 23.6. The van der Waals surface area contributed by atoms with Gasteiger partial charge in [0.25, 0.3) is 0 Å². The Hall–Kier alpha value is -1.84. The van der Waals surface area contributed by atoms with Crippen molar-refractivity contribution in [2.75, 3.05) is 5.32 Å². The van der Waals surface area contributed by atoms with Crippen molar-refractivity contribution < 1.29 is 9.59 Å². The molecule has 1 aromatic rings. The van der Waals surface area contributed by atoms with Gasteiger partial charge in [-0.3, -0.25) is 9.59 Å². The Morgan fingerprint density at radius 2 is 1.84 bits per heavy atom. The number of hydrogen-bond donors (Lipinski definition) is 2. The van der Waals surface area contributed by atoms with E-state index in [0.29, 0.717) is 5.69 Å². The Balaban J connectivity index is 1.86. The molecule has 4 heteroatoms. The van der Waals surface area contributed by atoms with E-state index in [1.54, 1.807) is 6.07 Å². The first-order valence-electron chi connectivity index (χ1n) is 6.83. The SMILES string of the molecule is Cc1cccc(NC(=O)C(=O)NC2CCCCC2)c1. The van der Waals surface area contributed by atoms with E-state index in [4.69, 9.17) is 0 Å². The largest absolute Gasteiger partial charge is 0.345 e. The standard InChI is InChI=1S/C15H20N2O2/c1-11-6-5-9-13(10-11)17-15(19)14(18)16-12-7-3-2-4-8-12/h5-6,9-10,12H,2-4,7-8H2,1H3,(H,16,18)(H,17,19). The van der Waals surface area contributed by atoms with Crippen LogP contribution in [-0.4, -0.2) is 17.9 Å². The van der Waals surface area contributed by atoms with E-state index in [1.807, 2.05) is 25.1 Å². The number of rotatable bonds is 2. The lowest BCUT2D eigenvalue weighted by Crippen LogP contribution is -2.42. The van der Waals surface area contributed by atoms with Gasteiger partial charge >= 0.3 is 11.8 Å². The maximum atomic E-state index is 11.8. The van der Waals surface area contributed by atoms with E-state index in [1.165, 1.54) is 6.42 Å². The van der Waals surface area contributed by atoms with E-state index in [9.17, 15) is 9.59 Å². The Morgan fingerprint density at radius 3 is 2.53 bits per heavy atom. The highest BCUT2D eigenvalue weighted by Crippen LogP contribution is 2.17. The van der Waals surface area contributed by atoms with E-state index in [2.05, 4.69) is 10.6 Å². The van der Waals surface area contributed by atoms with Crippen LogP contribution in [0.5, 0.6) is 0 Å². The molecule has 1 aromatic carbocycles. The number of aryl methyl sites for hydroxylation is 1. The molecule has 0 aromatic heterocycles. The third-order valence-corrected chi connectivity index (χ3v) is 3.42. The van der Waals surface area contributed by atoms with Crippen molar-refractivity contribution in [3.8, 4) is 0 Å². The number of hydrogen-bond acceptors (Lipinski definition) is 2. The molecule has 0 atom stereocenters. The van der Waals surface area contributed by atoms with Gasteiger partial charge in [-0.1, -0.05) is 31.4 Å². The molecule has 2 N–H and O–H groups in total. The van der Waals surface area contributed by atoms with Gasteiger partial charge < -0.3 is 10.6 Å². The van der Waals surface area contributed by atoms with Crippen LogP contribution in [0.25, 0.3) is 0 Å². The average Bonchev–Trinajstić information content (AvgIpc) is 2.40. The predicted molar refractivity (Wildman–Crippen MR) is 74.8 cm³/mol. The first kappa shape index (κ1) is 13.6. The monoisotopic (exact) mass is 260 g/mol. The van der Waals surface area contributed by atoms with Crippen molar-refractivity contribution in [1.29, 1.82) is 0 Å². The fourth-order valence-corrected chi connectivity index (χ4v) is 2.41. The summed E-state index contributed by atoms with van der Waals surface area (Å²) in [5.74, 6) is -1.12. The van der Waals surface area contributed by atoms with Crippen LogP contribution in [0.1, 0.15) is 37.7 Å². The topological polar surface area (TPSA) is 58.2 Å². The number of anilines is 1. The second-order valence-electron chi connectivity index (χ2n) is 5.13. The molecule has 1 aliphatic rings. The molecule has 102 valence electrons. The van der Waals surface area contributed by atoms with Crippen LogP contribution in [0.4, 0.5) is 5.69 Å². The van der Waals surface area contributed by atoms with Crippen molar-refractivity contribution in [3.63, 3.8) is 0 Å². The Labute approximate surface area is 113 Å². The second kappa shape index (κ2) is 6.36. The first-order chi connectivity index (χ1) is 9.15. The molecule has 0 heterocycles. The van der Waals surface area contributed by atoms with Crippen LogP contribution >= 0.6 is 0 Å². The summed E-state index contributed by atoms with van der Waals surface area (Å²) < 4.78 is 0. The third-order valence-electron chi connectivity index (χ3n) is 3.42. The summed E-state index contributed by atoms with van der Waals surface area (Å²) in [5.41, 5.74) is 1.70. The molecule has 0 unspecified atom stereocenters. The summed E-state index contributed by atoms with van der Waals surface area (Å²) in [6.45, 7) is 1.94. The average molecular weight is 260 g/mol. The Kier molecular flexibility index (Phi) is 4.55. The maximum absolute atomic E-state index is 11.8. The van der Waals surface area contributed by atoms with Gasteiger partial charge in [0.15, 0.2) is 0 Å². The molecule has 0 spiro atoms. The lowest BCUT2D eigenvalue weighted by molar-refractivity contribution is -0.136. The molecule has 0 aliphatic heterocycles. The van der Waals surface area contributed by atoms with Crippen LogP contribution in [0.3, 0.4) is 0 Å². The molecule has 19 heavy (non-hydrogen) atoms. The van der Waals surface area contributed by atoms with Gasteiger partial charge in [-0.25, -0.2) is 0 Å². The van der Waals surface area contributed by atoms with Crippen LogP contribution in [-0.2, 0) is 9.59 Å². The van der Waals surface area contributed by atoms with E-state index in [0.717, 1.165) is 31.2 Å². The van der Waals surface area contributed by atoms with Crippen molar-refractivity contribution in [1.82, 2.24) is 5.32 Å². The van der Waals surface area contributed by atoms with Crippen LogP contribution in [0.2, 0.25) is 0 Å². The molecule has 0 bridgehead atoms. The van der Waals surface area contributed by atoms with Crippen molar-refractivity contribution in [3.05, 3.63) is 29.8 Å². The maximum Gasteiger partial charge on any atom is 0.313 e. The molecule has 2 amide bonds. The summed E-state index contributed by atoms with van der Waals surface area (Å²) >= 11 is 0. The Bertz CT molecular complexity index is 465. The zero-order valence-electron chi connectivity index (χ0n) is 11.2. The number of amides is 2. The normalized spacial score (nSPS) is 15.8. The van der Waals surface area contributed by atoms with Gasteiger partial charge in [0.1, 0.15) is 0 Å². The highest BCUT2D eigenvalue weighted by atomic mass is 16.2. The zero-order valence-corrected chi connectivity index (χ0v) is 11.2. The van der Waals surface area contributed by atoms with E-state index < -0.39 is 11.8 Å². The van der Waals surface area contributed by atoms with Crippen LogP contribution in [0, 0.1) is 6.92 Å². The second-order valence-corrected chi connectivity index (χ2v) is 5.13. The third kappa shape index (κ3) is 4.09. The first-order valence-corrected chi connectivity index (χ1v) is 6.83. The summed E-state index contributed by atoms with van der Waals surface area (Å²) in [6, 6.07) is 7.57. The van der Waals surface area contributed by atoms with E-state index >= 15 is 0 Å². The molecular formula is C15H20N2O2. The van der Waals surface area contributed by atoms with Crippen LogP contribution < -0.4 is 10.6 Å². The van der Waals surface area contributed by atoms with E-state index in [-0.39, 0.29) is 6.04 Å². The van der Waals surface area contributed by atoms with Crippen molar-refractivity contribution in [2.45, 2.75) is 45.1 Å². The molecule has 1 saturated carbocycles. The highest BCUT2D eigenvalue weighted by Gasteiger charge is 2.20. The number of carbonyl (C=O) groups excluding carboxylic acids is 2. The number of benzene rings is 1. The molecule has 0 radical (unpaired) electrons. The fraction of sp³-hybridized carbons (Fsp3) is 0.467. The minimum Gasteiger partial charge on any atom is -0.345 e. The molecule has 1 aliphatic carbocycles. The molecule has 0 saturated heterocycles. The smallest absolute Gasteiger partial charge is 0.313 e. The zero-order chi connectivity index (χ0) is 13.7. The molecule has 2 rings (SSSR count). The van der Waals surface area contributed by atoms with Gasteiger partial charge in [-0.2, -0.15) is 0 Å². The summed E-state index contributed by atoms with van der Waals surface area (Å²) in [6.07, 6.45) is 5.43. The van der Waals surface area contributed by atoms with Gasteiger partial charge in [-0.15, -0.1) is 0 Å². The lowest BCUT2D eigenvalue weighted by Gasteiger charge is -2.22. The van der Waals surface area contributed by atoms with Crippen LogP contribution in [0.15, 0.2) is 24.3 Å². The predicted octanol–water partition coefficient (Wildman–Crippen LogP) is 2.38. The van der Waals surface area contributed by atoms with Crippen molar-refractivity contribution >= 4 is 17.5 Å². The lowest BCUT2D eigenvalue weighted by atomic mass is 9.95.